The topological polar surface area (TPSA) is 35.1 Å². The van der Waals surface area contributed by atoms with E-state index in [9.17, 15) is 4.79 Å². The first-order valence-corrected chi connectivity index (χ1v) is 4.79. The van der Waals surface area contributed by atoms with E-state index in [0.717, 1.165) is 5.52 Å². The second kappa shape index (κ2) is 3.72. The van der Waals surface area contributed by atoms with Gasteiger partial charge in [-0.1, -0.05) is 18.1 Å². The Kier molecular flexibility index (Phi) is 2.42. The van der Waals surface area contributed by atoms with Crippen molar-refractivity contribution in [3.05, 3.63) is 34.8 Å². The van der Waals surface area contributed by atoms with Gasteiger partial charge >= 0.3 is 5.76 Å². The maximum absolute atomic E-state index is 11.4. The van der Waals surface area contributed by atoms with Gasteiger partial charge in [0.05, 0.1) is 12.1 Å². The number of hydrogen-bond acceptors (Lipinski definition) is 2. The molecule has 1 aromatic heterocycles. The van der Waals surface area contributed by atoms with Crippen LogP contribution in [0.1, 0.15) is 0 Å². The Bertz CT molecular complexity index is 571. The first kappa shape index (κ1) is 9.10. The summed E-state index contributed by atoms with van der Waals surface area (Å²) >= 11 is 2.98. The molecule has 70 valence electrons. The van der Waals surface area contributed by atoms with Crippen LogP contribution in [0.25, 0.3) is 11.1 Å². The number of oxazole rings is 1. The van der Waals surface area contributed by atoms with E-state index in [0.29, 0.717) is 12.1 Å². The number of benzene rings is 1. The van der Waals surface area contributed by atoms with Crippen LogP contribution in [-0.4, -0.2) is 4.57 Å². The number of fused-ring (bicyclic) bond motifs is 1. The zero-order valence-electron chi connectivity index (χ0n) is 7.16. The summed E-state index contributed by atoms with van der Waals surface area (Å²) in [6.07, 6.45) is 0. The van der Waals surface area contributed by atoms with Crippen LogP contribution >= 0.6 is 15.9 Å². The number of aromatic nitrogens is 1. The molecule has 0 unspecified atom stereocenters. The third-order valence-electron chi connectivity index (χ3n) is 1.88. The summed E-state index contributed by atoms with van der Waals surface area (Å²) < 4.78 is 6.51. The Morgan fingerprint density at radius 2 is 2.21 bits per heavy atom. The minimum absolute atomic E-state index is 0.334. The van der Waals surface area contributed by atoms with Gasteiger partial charge in [-0.25, -0.2) is 4.79 Å². The number of halogens is 1. The van der Waals surface area contributed by atoms with Crippen molar-refractivity contribution < 1.29 is 4.42 Å². The van der Waals surface area contributed by atoms with E-state index in [-0.39, 0.29) is 5.76 Å². The second-order valence-electron chi connectivity index (χ2n) is 2.69. The summed E-state index contributed by atoms with van der Waals surface area (Å²) in [5.41, 5.74) is 1.36. The summed E-state index contributed by atoms with van der Waals surface area (Å²) in [5.74, 6) is 2.38. The first-order chi connectivity index (χ1) is 6.83. The molecule has 3 nitrogen and oxygen atoms in total. The Labute approximate surface area is 88.5 Å². The summed E-state index contributed by atoms with van der Waals surface area (Å²) in [7, 11) is 0. The van der Waals surface area contributed by atoms with E-state index >= 15 is 0 Å². The van der Waals surface area contributed by atoms with Gasteiger partial charge in [0.25, 0.3) is 0 Å². The van der Waals surface area contributed by atoms with Crippen LogP contribution in [0.4, 0.5) is 0 Å². The van der Waals surface area contributed by atoms with Crippen LogP contribution in [0.2, 0.25) is 0 Å². The smallest absolute Gasteiger partial charge is 0.408 e. The monoisotopic (exact) mass is 251 g/mol. The highest BCUT2D eigenvalue weighted by Crippen LogP contribution is 2.10. The molecule has 14 heavy (non-hydrogen) atoms. The lowest BCUT2D eigenvalue weighted by Gasteiger charge is -1.92. The van der Waals surface area contributed by atoms with Crippen molar-refractivity contribution in [1.29, 1.82) is 0 Å². The molecule has 0 saturated carbocycles. The lowest BCUT2D eigenvalue weighted by atomic mass is 10.3. The average Bonchev–Trinajstić information content (AvgIpc) is 2.51. The van der Waals surface area contributed by atoms with E-state index in [4.69, 9.17) is 4.42 Å². The molecule has 4 heteroatoms. The highest BCUT2D eigenvalue weighted by Gasteiger charge is 2.05. The number of para-hydroxylation sites is 2. The number of rotatable bonds is 1. The summed E-state index contributed by atoms with van der Waals surface area (Å²) in [6.45, 7) is 0.334. The molecule has 0 bridgehead atoms. The fourth-order valence-corrected chi connectivity index (χ4v) is 1.40. The molecule has 0 radical (unpaired) electrons. The molecule has 0 atom stereocenters. The Morgan fingerprint density at radius 3 is 3.00 bits per heavy atom. The van der Waals surface area contributed by atoms with Gasteiger partial charge in [0.2, 0.25) is 0 Å². The van der Waals surface area contributed by atoms with Crippen LogP contribution < -0.4 is 5.76 Å². The summed E-state index contributed by atoms with van der Waals surface area (Å²) in [6, 6.07) is 7.27. The van der Waals surface area contributed by atoms with E-state index in [1.165, 1.54) is 4.57 Å². The Balaban J connectivity index is 2.66. The van der Waals surface area contributed by atoms with Crippen molar-refractivity contribution in [3.8, 4) is 10.8 Å². The van der Waals surface area contributed by atoms with Crippen LogP contribution in [0.5, 0.6) is 0 Å². The predicted octanol–water partition coefficient (Wildman–Crippen LogP) is 1.95. The molecule has 0 aliphatic heterocycles. The van der Waals surface area contributed by atoms with Gasteiger partial charge in [0.15, 0.2) is 5.58 Å². The molecular weight excluding hydrogens is 246 g/mol. The molecule has 2 rings (SSSR count). The van der Waals surface area contributed by atoms with Crippen molar-refractivity contribution in [3.63, 3.8) is 0 Å². The molecule has 0 aliphatic carbocycles. The molecule has 0 aliphatic rings. The fourth-order valence-electron chi connectivity index (χ4n) is 1.27. The summed E-state index contributed by atoms with van der Waals surface area (Å²) in [5, 5.41) is 0. The third-order valence-corrected chi connectivity index (χ3v) is 2.16. The molecule has 1 heterocycles. The molecule has 0 fully saturated rings. The minimum Gasteiger partial charge on any atom is -0.408 e. The fraction of sp³-hybridized carbons (Fsp3) is 0.100. The Morgan fingerprint density at radius 1 is 1.43 bits per heavy atom. The maximum Gasteiger partial charge on any atom is 0.420 e. The number of hydrogen-bond donors (Lipinski definition) is 0. The van der Waals surface area contributed by atoms with E-state index in [1.807, 2.05) is 18.2 Å². The van der Waals surface area contributed by atoms with Crippen LogP contribution in [0.15, 0.2) is 33.5 Å². The van der Waals surface area contributed by atoms with Crippen molar-refractivity contribution in [2.24, 2.45) is 0 Å². The van der Waals surface area contributed by atoms with Crippen LogP contribution in [0, 0.1) is 10.8 Å². The molecule has 0 spiro atoms. The van der Waals surface area contributed by atoms with Gasteiger partial charge < -0.3 is 4.42 Å². The van der Waals surface area contributed by atoms with E-state index in [1.54, 1.807) is 6.07 Å². The van der Waals surface area contributed by atoms with E-state index < -0.39 is 0 Å². The van der Waals surface area contributed by atoms with Gasteiger partial charge in [-0.05, 0) is 17.0 Å². The van der Waals surface area contributed by atoms with Crippen molar-refractivity contribution in [1.82, 2.24) is 4.57 Å². The van der Waals surface area contributed by atoms with Gasteiger partial charge in [0.1, 0.15) is 0 Å². The van der Waals surface area contributed by atoms with Gasteiger partial charge in [-0.2, -0.15) is 0 Å². The van der Waals surface area contributed by atoms with Gasteiger partial charge in [-0.3, -0.25) is 4.57 Å². The molecular formula is C10H6BrNO2. The Hall–Kier alpha value is -1.47. The largest absolute Gasteiger partial charge is 0.420 e. The highest BCUT2D eigenvalue weighted by atomic mass is 79.9. The lowest BCUT2D eigenvalue weighted by Crippen LogP contribution is -2.12. The van der Waals surface area contributed by atoms with Gasteiger partial charge in [-0.15, -0.1) is 0 Å². The minimum atomic E-state index is -0.374. The third kappa shape index (κ3) is 1.47. The van der Waals surface area contributed by atoms with Crippen molar-refractivity contribution >= 4 is 27.0 Å². The molecule has 1 aromatic carbocycles. The quantitative estimate of drug-likeness (QED) is 0.727. The van der Waals surface area contributed by atoms with Crippen molar-refractivity contribution in [2.75, 3.05) is 0 Å². The summed E-state index contributed by atoms with van der Waals surface area (Å²) in [4.78, 5) is 13.9. The predicted molar refractivity (Wildman–Crippen MR) is 57.2 cm³/mol. The average molecular weight is 252 g/mol. The zero-order valence-corrected chi connectivity index (χ0v) is 8.74. The van der Waals surface area contributed by atoms with Crippen LogP contribution in [-0.2, 0) is 6.54 Å². The zero-order chi connectivity index (χ0) is 9.97. The molecule has 0 saturated heterocycles. The molecule has 0 amide bonds. The van der Waals surface area contributed by atoms with Crippen molar-refractivity contribution in [2.45, 2.75) is 6.54 Å². The normalized spacial score (nSPS) is 9.79. The maximum atomic E-state index is 11.4. The highest BCUT2D eigenvalue weighted by molar-refractivity contribution is 9.12. The van der Waals surface area contributed by atoms with E-state index in [2.05, 4.69) is 26.7 Å². The standard InChI is InChI=1S/C10H6BrNO2/c11-6-3-7-12-8-4-1-2-5-9(8)14-10(12)13/h1-2,4-5H,7H2. The van der Waals surface area contributed by atoms with Crippen LogP contribution in [0.3, 0.4) is 0 Å². The molecule has 0 N–H and O–H groups in total. The first-order valence-electron chi connectivity index (χ1n) is 4.00. The van der Waals surface area contributed by atoms with Gasteiger partial charge in [0, 0.05) is 15.9 Å². The SMILES string of the molecule is O=c1oc2ccccc2n1CC#CBr. The number of nitrogens with zero attached hydrogens (tertiary/aromatic N) is 1. The lowest BCUT2D eigenvalue weighted by molar-refractivity contribution is 0.521. The molecule has 2 aromatic rings. The second-order valence-corrected chi connectivity index (χ2v) is 3.09.